The van der Waals surface area contributed by atoms with Gasteiger partial charge in [0.1, 0.15) is 0 Å². The fraction of sp³-hybridized carbons (Fsp3) is 1.00. The van der Waals surface area contributed by atoms with Gasteiger partial charge in [0.25, 0.3) is 0 Å². The molecule has 0 fully saturated rings. The van der Waals surface area contributed by atoms with Crippen molar-refractivity contribution in [2.24, 2.45) is 0 Å². The molecule has 0 rings (SSSR count). The monoisotopic (exact) mass is 158 g/mol. The molecule has 0 saturated carbocycles. The van der Waals surface area contributed by atoms with Gasteiger partial charge in [0.2, 0.25) is 0 Å². The van der Waals surface area contributed by atoms with E-state index in [1.165, 1.54) is 13.1 Å². The zero-order valence-electron chi connectivity index (χ0n) is 7.89. The van der Waals surface area contributed by atoms with Crippen LogP contribution in [0.2, 0.25) is 5.79 Å². The highest BCUT2D eigenvalue weighted by molar-refractivity contribution is 6.50. The SMILES string of the molecule is CC[N](C)[Al]([CH3])[N](C)CC. The quantitative estimate of drug-likeness (QED) is 0.563. The van der Waals surface area contributed by atoms with Gasteiger partial charge in [-0.1, -0.05) is 19.6 Å². The molecule has 0 heterocycles. The Morgan fingerprint density at radius 1 is 1.00 bits per heavy atom. The number of nitrogens with zero attached hydrogens (tertiary/aromatic N) is 2. The summed E-state index contributed by atoms with van der Waals surface area (Å²) in [5.74, 6) is 2.37. The van der Waals surface area contributed by atoms with Crippen LogP contribution in [0.3, 0.4) is 0 Å². The van der Waals surface area contributed by atoms with Gasteiger partial charge in [0, 0.05) is 0 Å². The summed E-state index contributed by atoms with van der Waals surface area (Å²) in [6.45, 7) is 6.79. The lowest BCUT2D eigenvalue weighted by molar-refractivity contribution is 0.446. The second-order valence-corrected chi connectivity index (χ2v) is 5.81. The van der Waals surface area contributed by atoms with Crippen molar-refractivity contribution in [3.8, 4) is 0 Å². The Labute approximate surface area is 69.6 Å². The van der Waals surface area contributed by atoms with E-state index in [4.69, 9.17) is 0 Å². The third-order valence-corrected chi connectivity index (χ3v) is 5.56. The van der Waals surface area contributed by atoms with Gasteiger partial charge < -0.3 is 7.77 Å². The molecular weight excluding hydrogens is 139 g/mol. The van der Waals surface area contributed by atoms with Crippen molar-refractivity contribution in [3.05, 3.63) is 0 Å². The van der Waals surface area contributed by atoms with Crippen molar-refractivity contribution >= 4 is 14.6 Å². The molecule has 0 saturated heterocycles. The molecule has 2 nitrogen and oxygen atoms in total. The van der Waals surface area contributed by atoms with Gasteiger partial charge in [-0.15, -0.1) is 0 Å². The van der Waals surface area contributed by atoms with E-state index in [1.54, 1.807) is 0 Å². The lowest BCUT2D eigenvalue weighted by Gasteiger charge is -2.26. The van der Waals surface area contributed by atoms with Gasteiger partial charge in [-0.25, -0.2) is 0 Å². The Balaban J connectivity index is 3.69. The minimum Gasteiger partial charge on any atom is -0.374 e. The minimum absolute atomic E-state index is 0.724. The van der Waals surface area contributed by atoms with Gasteiger partial charge in [0.05, 0.1) is 0 Å². The average Bonchev–Trinajstić information content (AvgIpc) is 2.00. The third kappa shape index (κ3) is 3.03. The molecule has 10 heavy (non-hydrogen) atoms. The van der Waals surface area contributed by atoms with E-state index < -0.39 is 14.6 Å². The normalized spacial score (nSPS) is 11.1. The summed E-state index contributed by atoms with van der Waals surface area (Å²) in [5.41, 5.74) is 0. The molecule has 3 heteroatoms. The molecule has 0 aromatic carbocycles. The second-order valence-electron chi connectivity index (χ2n) is 2.78. The average molecular weight is 158 g/mol. The highest BCUT2D eigenvalue weighted by Crippen LogP contribution is 1.94. The zero-order chi connectivity index (χ0) is 8.15. The summed E-state index contributed by atoms with van der Waals surface area (Å²) in [6.07, 6.45) is 0. The van der Waals surface area contributed by atoms with Gasteiger partial charge in [-0.05, 0) is 27.2 Å². The molecule has 0 N–H and O–H groups in total. The first-order valence-corrected chi connectivity index (χ1v) is 6.22. The van der Waals surface area contributed by atoms with Gasteiger partial charge in [-0.2, -0.15) is 0 Å². The zero-order valence-corrected chi connectivity index (χ0v) is 9.04. The van der Waals surface area contributed by atoms with Crippen molar-refractivity contribution in [1.29, 1.82) is 0 Å². The minimum atomic E-state index is -0.724. The lowest BCUT2D eigenvalue weighted by atomic mass is 10.8. The maximum Gasteiger partial charge on any atom is 0.484 e. The Hall–Kier alpha value is 0.452. The lowest BCUT2D eigenvalue weighted by Crippen LogP contribution is -2.46. The topological polar surface area (TPSA) is 6.48 Å². The number of rotatable bonds is 4. The molecule has 0 aliphatic rings. The van der Waals surface area contributed by atoms with E-state index in [-0.39, 0.29) is 0 Å². The fourth-order valence-electron chi connectivity index (χ4n) is 0.865. The highest BCUT2D eigenvalue weighted by atomic mass is 27.2. The molecule has 0 unspecified atom stereocenters. The van der Waals surface area contributed by atoms with Crippen LogP contribution in [0.25, 0.3) is 0 Å². The van der Waals surface area contributed by atoms with E-state index in [9.17, 15) is 0 Å². The molecular formula is C7H19AlN2. The van der Waals surface area contributed by atoms with E-state index in [2.05, 4.69) is 41.5 Å². The summed E-state index contributed by atoms with van der Waals surface area (Å²) in [6, 6.07) is 0. The predicted molar refractivity (Wildman–Crippen MR) is 48.2 cm³/mol. The molecule has 0 amide bonds. The van der Waals surface area contributed by atoms with Crippen LogP contribution in [0.5, 0.6) is 0 Å². The summed E-state index contributed by atoms with van der Waals surface area (Å²) in [7, 11) is 4.42. The van der Waals surface area contributed by atoms with Crippen LogP contribution in [0.15, 0.2) is 0 Å². The van der Waals surface area contributed by atoms with Crippen LogP contribution < -0.4 is 0 Å². The molecule has 0 aliphatic carbocycles. The maximum atomic E-state index is 2.46. The van der Waals surface area contributed by atoms with Gasteiger partial charge >= 0.3 is 14.6 Å². The fourth-order valence-corrected chi connectivity index (χ4v) is 2.59. The van der Waals surface area contributed by atoms with E-state index >= 15 is 0 Å². The molecule has 0 aromatic rings. The molecule has 60 valence electrons. The first-order valence-electron chi connectivity index (χ1n) is 4.03. The maximum absolute atomic E-state index is 2.46. The van der Waals surface area contributed by atoms with E-state index in [1.807, 2.05) is 0 Å². The Kier molecular flexibility index (Phi) is 5.38. The Morgan fingerprint density at radius 3 is 1.50 bits per heavy atom. The van der Waals surface area contributed by atoms with Gasteiger partial charge in [-0.3, -0.25) is 0 Å². The molecule has 0 aromatic heterocycles. The summed E-state index contributed by atoms with van der Waals surface area (Å²) >= 11 is -0.724. The van der Waals surface area contributed by atoms with Crippen molar-refractivity contribution in [2.75, 3.05) is 27.2 Å². The van der Waals surface area contributed by atoms with Crippen molar-refractivity contribution in [1.82, 2.24) is 7.77 Å². The molecule has 0 bridgehead atoms. The number of hydrogen-bond acceptors (Lipinski definition) is 2. The predicted octanol–water partition coefficient (Wildman–Crippen LogP) is 1.01. The van der Waals surface area contributed by atoms with Crippen LogP contribution >= 0.6 is 0 Å². The molecule has 0 spiro atoms. The van der Waals surface area contributed by atoms with Crippen molar-refractivity contribution < 1.29 is 0 Å². The van der Waals surface area contributed by atoms with Crippen LogP contribution in [0.1, 0.15) is 13.8 Å². The summed E-state index contributed by atoms with van der Waals surface area (Å²) < 4.78 is 4.92. The third-order valence-electron chi connectivity index (χ3n) is 2.27. The van der Waals surface area contributed by atoms with E-state index in [0.29, 0.717) is 0 Å². The van der Waals surface area contributed by atoms with Gasteiger partial charge in [0.15, 0.2) is 0 Å². The Bertz CT molecular complexity index is 77.7. The first-order chi connectivity index (χ1) is 4.63. The summed E-state index contributed by atoms with van der Waals surface area (Å²) in [5, 5.41) is 0. The Morgan fingerprint density at radius 2 is 1.30 bits per heavy atom. The largest absolute Gasteiger partial charge is 0.484 e. The smallest absolute Gasteiger partial charge is 0.374 e. The molecule has 0 atom stereocenters. The van der Waals surface area contributed by atoms with Crippen LogP contribution in [-0.2, 0) is 0 Å². The second kappa shape index (κ2) is 5.15. The van der Waals surface area contributed by atoms with Crippen molar-refractivity contribution in [2.45, 2.75) is 19.6 Å². The molecule has 0 radical (unpaired) electrons. The van der Waals surface area contributed by atoms with Crippen LogP contribution in [-0.4, -0.2) is 49.5 Å². The molecule has 0 aliphatic heterocycles. The first kappa shape index (κ1) is 10.5. The van der Waals surface area contributed by atoms with Crippen LogP contribution in [0.4, 0.5) is 0 Å². The van der Waals surface area contributed by atoms with Crippen molar-refractivity contribution in [3.63, 3.8) is 0 Å². The standard InChI is InChI=1S/2C3H8N.CH3.Al/c2*1-3-4-2;;/h2*3H2,1-2H3;1H3;/q2*-1;;+2. The highest BCUT2D eigenvalue weighted by Gasteiger charge is 2.21. The van der Waals surface area contributed by atoms with Crippen LogP contribution in [0, 0.1) is 0 Å². The number of hydrogen-bond donors (Lipinski definition) is 0. The summed E-state index contributed by atoms with van der Waals surface area (Å²) in [4.78, 5) is 0. The van der Waals surface area contributed by atoms with E-state index in [0.717, 1.165) is 0 Å².